The first-order valence-electron chi connectivity index (χ1n) is 26.8. The van der Waals surface area contributed by atoms with Crippen LogP contribution in [0.4, 0.5) is 0 Å². The molecule has 1 aliphatic carbocycles. The predicted molar refractivity (Wildman–Crippen MR) is 357 cm³/mol. The third-order valence-corrected chi connectivity index (χ3v) is 14.0. The highest BCUT2D eigenvalue weighted by molar-refractivity contribution is 6.11. The molecule has 89 heavy (non-hydrogen) atoms. The van der Waals surface area contributed by atoms with Gasteiger partial charge in [-0.1, -0.05) is 103 Å². The van der Waals surface area contributed by atoms with Crippen LogP contribution in [0.2, 0.25) is 0 Å². The van der Waals surface area contributed by atoms with Crippen molar-refractivity contribution in [3.8, 4) is 261 Å². The second-order valence-corrected chi connectivity index (χ2v) is 18.7. The fourth-order valence-corrected chi connectivity index (χ4v) is 10.6. The average Bonchev–Trinajstić information content (AvgIpc) is 1.58. The molecule has 0 N–H and O–H groups in total. The van der Waals surface area contributed by atoms with Crippen molar-refractivity contribution in [1.82, 2.24) is 9.13 Å². The molecule has 0 amide bonds. The van der Waals surface area contributed by atoms with Gasteiger partial charge in [-0.25, -0.2) is 0 Å². The SMILES string of the molecule is C#CC#CC#CC#CC#COc1ccc(C2(c3ccc(OC#CC#CC#CC#CC#C)cc3)c3ccc(-c4ccc5c6ccccc6n(C#CC#CC#CC#C)c5c4)cc3-c3ccc(-c4ccc5c(c4)c4ccccc4n5C#CC#CC#CC#C)cc32)cc1. The summed E-state index contributed by atoms with van der Waals surface area (Å²) in [5, 5.41) is 4.18. The minimum absolute atomic E-state index is 0.507. The lowest BCUT2D eigenvalue weighted by molar-refractivity contribution is 0.519. The standard InChI is InChI=1S/C85H32N2O2/c1-5-9-13-17-21-23-27-35-59-88-71-49-45-69(46-50-71)85(70-47-51-72(52-48-70)89-60-36-28-24-22-18-14-10-6-2)79-55-43-65(68-42-54-76-74-37-29-31-39-81(74)87(84(76)64-68)58-34-26-20-16-12-8-4)61-77(79)73-53-41-67(63-80(73)85)66-44-56-83-78(62-66)75-38-30-32-40-82(75)86(83)57-33-25-19-15-11-7-3/h1-4,29-32,37-56,61-64H. The quantitative estimate of drug-likeness (QED) is 0.155. The van der Waals surface area contributed by atoms with Gasteiger partial charge in [-0.2, -0.15) is 0 Å². The second-order valence-electron chi connectivity index (χ2n) is 18.7. The third kappa shape index (κ3) is 11.8. The second kappa shape index (κ2) is 26.7. The summed E-state index contributed by atoms with van der Waals surface area (Å²) >= 11 is 0. The van der Waals surface area contributed by atoms with E-state index in [1.165, 1.54) is 0 Å². The predicted octanol–water partition coefficient (Wildman–Crippen LogP) is 12.5. The van der Waals surface area contributed by atoms with E-state index in [0.717, 1.165) is 99.2 Å². The van der Waals surface area contributed by atoms with Crippen molar-refractivity contribution in [2.45, 2.75) is 5.41 Å². The van der Waals surface area contributed by atoms with Crippen LogP contribution in [-0.4, -0.2) is 9.13 Å². The van der Waals surface area contributed by atoms with Crippen molar-refractivity contribution in [2.75, 3.05) is 0 Å². The lowest BCUT2D eigenvalue weighted by atomic mass is 9.67. The van der Waals surface area contributed by atoms with Crippen LogP contribution in [0.3, 0.4) is 0 Å². The number of aromatic nitrogens is 2. The van der Waals surface area contributed by atoms with Gasteiger partial charge in [0.15, 0.2) is 0 Å². The zero-order valence-electron chi connectivity index (χ0n) is 46.7. The molecule has 0 aliphatic heterocycles. The summed E-state index contributed by atoms with van der Waals surface area (Å²) < 4.78 is 15.8. The van der Waals surface area contributed by atoms with E-state index in [1.54, 1.807) is 0 Å². The van der Waals surface area contributed by atoms with E-state index in [2.05, 4.69) is 311 Å². The van der Waals surface area contributed by atoms with Crippen molar-refractivity contribution in [3.63, 3.8) is 0 Å². The number of nitrogens with zero attached hydrogens (tertiary/aromatic N) is 2. The lowest BCUT2D eigenvalue weighted by Gasteiger charge is -2.34. The van der Waals surface area contributed by atoms with E-state index in [1.807, 2.05) is 57.7 Å². The van der Waals surface area contributed by atoms with E-state index in [9.17, 15) is 0 Å². The molecule has 394 valence electrons. The Bertz CT molecular complexity index is 5740. The summed E-state index contributed by atoms with van der Waals surface area (Å²) in [4.78, 5) is 0. The average molecular weight is 1110 g/mol. The summed E-state index contributed by atoms with van der Waals surface area (Å²) in [6.45, 7) is 0. The molecule has 0 atom stereocenters. The van der Waals surface area contributed by atoms with Crippen LogP contribution in [0.15, 0.2) is 170 Å². The van der Waals surface area contributed by atoms with Crippen LogP contribution in [0.25, 0.3) is 77.0 Å². The molecule has 4 heteroatoms. The zero-order chi connectivity index (χ0) is 61.0. The Labute approximate surface area is 517 Å². The van der Waals surface area contributed by atoms with Crippen molar-refractivity contribution in [3.05, 3.63) is 192 Å². The highest BCUT2D eigenvalue weighted by Crippen LogP contribution is 2.58. The van der Waals surface area contributed by atoms with E-state index in [4.69, 9.17) is 35.2 Å². The molecule has 0 radical (unpaired) electrons. The normalized spacial score (nSPS) is 9.71. The van der Waals surface area contributed by atoms with Gasteiger partial charge in [0, 0.05) is 117 Å². The highest BCUT2D eigenvalue weighted by Gasteiger charge is 2.46. The fraction of sp³-hybridized carbons (Fsp3) is 0.0118. The van der Waals surface area contributed by atoms with Crippen molar-refractivity contribution in [2.24, 2.45) is 0 Å². The number of rotatable bonds is 6. The molecule has 0 saturated carbocycles. The molecule has 10 aromatic rings. The number of hydrogen-bond acceptors (Lipinski definition) is 2. The van der Waals surface area contributed by atoms with Gasteiger partial charge < -0.3 is 9.47 Å². The number of terminal acetylenes is 4. The number of hydrogen-bond donors (Lipinski definition) is 0. The minimum atomic E-state index is -0.939. The molecular formula is C85H32N2O2. The number of benzene rings is 8. The molecule has 8 aromatic carbocycles. The highest BCUT2D eigenvalue weighted by atomic mass is 16.5. The van der Waals surface area contributed by atoms with E-state index in [0.29, 0.717) is 11.5 Å². The van der Waals surface area contributed by atoms with Crippen molar-refractivity contribution < 1.29 is 9.47 Å². The number of fused-ring (bicyclic) bond motifs is 9. The van der Waals surface area contributed by atoms with Crippen LogP contribution >= 0.6 is 0 Å². The Kier molecular flexibility index (Phi) is 16.8. The van der Waals surface area contributed by atoms with Crippen LogP contribution in [0.5, 0.6) is 11.5 Å². The minimum Gasteiger partial charge on any atom is -0.407 e. The molecule has 0 saturated heterocycles. The van der Waals surface area contributed by atoms with Gasteiger partial charge in [-0.15, -0.1) is 25.7 Å². The number of ether oxygens (including phenoxy) is 2. The van der Waals surface area contributed by atoms with Gasteiger partial charge >= 0.3 is 0 Å². The Morgan fingerprint density at radius 3 is 1.21 bits per heavy atom. The maximum Gasteiger partial charge on any atom is 0.140 e. The van der Waals surface area contributed by atoms with Gasteiger partial charge in [-0.05, 0) is 205 Å². The smallest absolute Gasteiger partial charge is 0.140 e. The summed E-state index contributed by atoms with van der Waals surface area (Å²) in [5.74, 6) is 73.4. The molecule has 0 bridgehead atoms. The molecule has 2 aromatic heterocycles. The number of para-hydroxylation sites is 2. The summed E-state index contributed by atoms with van der Waals surface area (Å²) in [7, 11) is 0. The lowest BCUT2D eigenvalue weighted by Crippen LogP contribution is -2.28. The van der Waals surface area contributed by atoms with E-state index < -0.39 is 5.41 Å². The molecule has 1 aliphatic rings. The first kappa shape index (κ1) is 55.9. The van der Waals surface area contributed by atoms with E-state index >= 15 is 0 Å². The summed E-state index contributed by atoms with van der Waals surface area (Å²) in [6, 6.07) is 65.1. The van der Waals surface area contributed by atoms with Crippen LogP contribution in [0, 0.1) is 216 Å². The molecule has 0 fully saturated rings. The fourth-order valence-electron chi connectivity index (χ4n) is 10.6. The van der Waals surface area contributed by atoms with Crippen molar-refractivity contribution in [1.29, 1.82) is 0 Å². The van der Waals surface area contributed by atoms with Crippen LogP contribution in [0.1, 0.15) is 22.3 Å². The molecule has 2 heterocycles. The first-order chi connectivity index (χ1) is 44.0. The Hall–Kier alpha value is -15.0. The summed E-state index contributed by atoms with van der Waals surface area (Å²) in [6.07, 6.45) is 26.3. The van der Waals surface area contributed by atoms with Crippen LogP contribution < -0.4 is 9.47 Å². The monoisotopic (exact) mass is 1110 g/mol. The van der Waals surface area contributed by atoms with Gasteiger partial charge in [-0.3, -0.25) is 9.13 Å². The molecule has 0 unspecified atom stereocenters. The Morgan fingerprint density at radius 1 is 0.281 bits per heavy atom. The Morgan fingerprint density at radius 2 is 0.674 bits per heavy atom. The van der Waals surface area contributed by atoms with Gasteiger partial charge in [0.25, 0.3) is 0 Å². The molecular weight excluding hydrogens is 1080 g/mol. The topological polar surface area (TPSA) is 28.3 Å². The summed E-state index contributed by atoms with van der Waals surface area (Å²) in [5.41, 5.74) is 12.8. The third-order valence-electron chi connectivity index (χ3n) is 14.0. The first-order valence-corrected chi connectivity index (χ1v) is 26.8. The Balaban J connectivity index is 1.09. The van der Waals surface area contributed by atoms with E-state index in [-0.39, 0.29) is 0 Å². The largest absolute Gasteiger partial charge is 0.407 e. The zero-order valence-corrected chi connectivity index (χ0v) is 46.7. The molecule has 0 spiro atoms. The van der Waals surface area contributed by atoms with Gasteiger partial charge in [0.2, 0.25) is 0 Å². The van der Waals surface area contributed by atoms with Crippen molar-refractivity contribution >= 4 is 43.6 Å². The van der Waals surface area contributed by atoms with Gasteiger partial charge in [0.05, 0.1) is 27.5 Å². The van der Waals surface area contributed by atoms with Gasteiger partial charge in [0.1, 0.15) is 23.7 Å². The maximum absolute atomic E-state index is 5.91. The maximum atomic E-state index is 5.91. The molecule has 4 nitrogen and oxygen atoms in total. The van der Waals surface area contributed by atoms with Crippen LogP contribution in [-0.2, 0) is 5.41 Å². The molecule has 11 rings (SSSR count).